The molecule has 0 spiro atoms. The second-order valence-corrected chi connectivity index (χ2v) is 7.85. The van der Waals surface area contributed by atoms with Crippen LogP contribution in [0.1, 0.15) is 30.1 Å². The molecule has 8 heteroatoms. The van der Waals surface area contributed by atoms with E-state index in [1.165, 1.54) is 11.1 Å². The molecule has 2 aliphatic heterocycles. The molecule has 4 rings (SSSR count). The first-order valence-corrected chi connectivity index (χ1v) is 10.9. The van der Waals surface area contributed by atoms with Crippen LogP contribution in [0.5, 0.6) is 17.2 Å². The van der Waals surface area contributed by atoms with Gasteiger partial charge in [-0.05, 0) is 37.5 Å². The van der Waals surface area contributed by atoms with Crippen molar-refractivity contribution in [3.05, 3.63) is 53.6 Å². The number of benzene rings is 2. The number of nitrogens with zero attached hydrogens (tertiary/aromatic N) is 1. The van der Waals surface area contributed by atoms with Crippen LogP contribution in [0.2, 0.25) is 0 Å². The van der Waals surface area contributed by atoms with Crippen LogP contribution in [-0.2, 0) is 4.74 Å². The van der Waals surface area contributed by atoms with E-state index in [4.69, 9.17) is 18.9 Å². The molecule has 2 unspecified atom stereocenters. The zero-order valence-corrected chi connectivity index (χ0v) is 21.0. The normalized spacial score (nSPS) is 19.8. The zero-order valence-electron chi connectivity index (χ0n) is 18.6. The summed E-state index contributed by atoms with van der Waals surface area (Å²) in [6.07, 6.45) is 2.34. The van der Waals surface area contributed by atoms with E-state index < -0.39 is 0 Å². The maximum absolute atomic E-state index is 6.12. The van der Waals surface area contributed by atoms with Crippen LogP contribution in [0.4, 0.5) is 0 Å². The van der Waals surface area contributed by atoms with Crippen molar-refractivity contribution in [1.29, 1.82) is 0 Å². The maximum Gasteiger partial charge on any atom is 0.231 e. The molecule has 0 aliphatic carbocycles. The lowest BCUT2D eigenvalue weighted by atomic mass is 9.89. The molecule has 2 atom stereocenters. The second kappa shape index (κ2) is 12.2. The Labute approximate surface area is 206 Å². The van der Waals surface area contributed by atoms with Crippen molar-refractivity contribution in [2.24, 2.45) is 10.9 Å². The average Bonchev–Trinajstić information content (AvgIpc) is 3.27. The molecule has 32 heavy (non-hydrogen) atoms. The Kier molecular flexibility index (Phi) is 9.28. The molecule has 0 saturated carbocycles. The summed E-state index contributed by atoms with van der Waals surface area (Å²) in [7, 11) is 1.78. The molecule has 174 valence electrons. The summed E-state index contributed by atoms with van der Waals surface area (Å²) in [5, 5.41) is 6.76. The molecule has 2 aliphatic rings. The smallest absolute Gasteiger partial charge is 0.231 e. The van der Waals surface area contributed by atoms with E-state index in [1.54, 1.807) is 7.05 Å². The van der Waals surface area contributed by atoms with Gasteiger partial charge in [-0.15, -0.1) is 24.0 Å². The van der Waals surface area contributed by atoms with Crippen molar-refractivity contribution in [1.82, 2.24) is 10.6 Å². The maximum atomic E-state index is 6.12. The van der Waals surface area contributed by atoms with Crippen molar-refractivity contribution in [2.75, 3.05) is 40.1 Å². The largest absolute Gasteiger partial charge is 0.492 e. The molecule has 0 bridgehead atoms. The Morgan fingerprint density at radius 3 is 2.72 bits per heavy atom. The van der Waals surface area contributed by atoms with Gasteiger partial charge in [0.15, 0.2) is 17.5 Å². The van der Waals surface area contributed by atoms with Crippen LogP contribution < -0.4 is 24.8 Å². The van der Waals surface area contributed by atoms with Crippen LogP contribution in [-0.4, -0.2) is 46.1 Å². The van der Waals surface area contributed by atoms with Gasteiger partial charge in [0.25, 0.3) is 0 Å². The number of aliphatic imine (C=N–C) groups is 1. The van der Waals surface area contributed by atoms with Crippen molar-refractivity contribution < 1.29 is 18.9 Å². The Morgan fingerprint density at radius 2 is 1.91 bits per heavy atom. The van der Waals surface area contributed by atoms with Gasteiger partial charge in [0, 0.05) is 32.2 Å². The highest BCUT2D eigenvalue weighted by Crippen LogP contribution is 2.35. The van der Waals surface area contributed by atoms with Crippen LogP contribution >= 0.6 is 24.0 Å². The van der Waals surface area contributed by atoms with Gasteiger partial charge in [-0.3, -0.25) is 4.99 Å². The van der Waals surface area contributed by atoms with E-state index >= 15 is 0 Å². The zero-order chi connectivity index (χ0) is 21.5. The standard InChI is InChI=1S/C24H31N3O4.HI/c1-17-5-7-18(8-6-17)23-19(4-3-12-29-23)15-27-24(25-2)26-11-13-28-20-9-10-21-22(14-20)31-16-30-21;/h5-10,14,19,23H,3-4,11-13,15-16H2,1-2H3,(H2,25,26,27);1H. The fourth-order valence-corrected chi connectivity index (χ4v) is 3.93. The number of nitrogens with one attached hydrogen (secondary N) is 2. The molecule has 1 saturated heterocycles. The number of hydrogen-bond donors (Lipinski definition) is 2. The summed E-state index contributed by atoms with van der Waals surface area (Å²) in [6.45, 7) is 5.14. The minimum atomic E-state index is 0. The first-order valence-electron chi connectivity index (χ1n) is 10.9. The van der Waals surface area contributed by atoms with E-state index in [1.807, 2.05) is 18.2 Å². The molecule has 2 N–H and O–H groups in total. The quantitative estimate of drug-likeness (QED) is 0.233. The van der Waals surface area contributed by atoms with E-state index in [0.717, 1.165) is 49.2 Å². The van der Waals surface area contributed by atoms with E-state index in [0.29, 0.717) is 19.1 Å². The van der Waals surface area contributed by atoms with E-state index in [-0.39, 0.29) is 36.9 Å². The van der Waals surface area contributed by atoms with Gasteiger partial charge in [0.05, 0.1) is 12.6 Å². The first kappa shape index (κ1) is 24.4. The predicted octanol–water partition coefficient (Wildman–Crippen LogP) is 4.05. The van der Waals surface area contributed by atoms with Gasteiger partial charge in [0.2, 0.25) is 6.79 Å². The number of fused-ring (bicyclic) bond motifs is 1. The first-order chi connectivity index (χ1) is 15.2. The lowest BCUT2D eigenvalue weighted by Gasteiger charge is -2.32. The van der Waals surface area contributed by atoms with E-state index in [9.17, 15) is 0 Å². The topological polar surface area (TPSA) is 73.3 Å². The molecule has 2 aromatic rings. The lowest BCUT2D eigenvalue weighted by Crippen LogP contribution is -2.43. The van der Waals surface area contributed by atoms with Crippen molar-refractivity contribution >= 4 is 29.9 Å². The SMILES string of the molecule is CN=C(NCCOc1ccc2c(c1)OCO2)NCC1CCCOC1c1ccc(C)cc1.I. The Hall–Kier alpha value is -2.20. The predicted molar refractivity (Wildman–Crippen MR) is 135 cm³/mol. The fraction of sp³-hybridized carbons (Fsp3) is 0.458. The van der Waals surface area contributed by atoms with Crippen LogP contribution in [0.3, 0.4) is 0 Å². The summed E-state index contributed by atoms with van der Waals surface area (Å²) in [5.41, 5.74) is 2.51. The number of halogens is 1. The molecular weight excluding hydrogens is 521 g/mol. The van der Waals surface area contributed by atoms with Crippen LogP contribution in [0, 0.1) is 12.8 Å². The Bertz CT molecular complexity index is 891. The van der Waals surface area contributed by atoms with Gasteiger partial charge in [-0.25, -0.2) is 0 Å². The van der Waals surface area contributed by atoms with Crippen LogP contribution in [0.25, 0.3) is 0 Å². The highest BCUT2D eigenvalue weighted by Gasteiger charge is 2.27. The summed E-state index contributed by atoms with van der Waals surface area (Å²) in [4.78, 5) is 4.34. The number of hydrogen-bond acceptors (Lipinski definition) is 5. The Balaban J connectivity index is 0.00000289. The molecule has 0 radical (unpaired) electrons. The highest BCUT2D eigenvalue weighted by molar-refractivity contribution is 14.0. The lowest BCUT2D eigenvalue weighted by molar-refractivity contribution is -0.0265. The minimum Gasteiger partial charge on any atom is -0.492 e. The van der Waals surface area contributed by atoms with Crippen molar-refractivity contribution in [3.8, 4) is 17.2 Å². The summed E-state index contributed by atoms with van der Waals surface area (Å²) < 4.78 is 22.6. The van der Waals surface area contributed by atoms with Gasteiger partial charge < -0.3 is 29.6 Å². The molecule has 0 aromatic heterocycles. The number of guanidine groups is 1. The van der Waals surface area contributed by atoms with Gasteiger partial charge in [-0.1, -0.05) is 29.8 Å². The van der Waals surface area contributed by atoms with Crippen LogP contribution in [0.15, 0.2) is 47.5 Å². The third-order valence-electron chi connectivity index (χ3n) is 5.61. The van der Waals surface area contributed by atoms with Gasteiger partial charge >= 0.3 is 0 Å². The monoisotopic (exact) mass is 553 g/mol. The molecular formula is C24H32IN3O4. The summed E-state index contributed by atoms with van der Waals surface area (Å²) >= 11 is 0. The third kappa shape index (κ3) is 6.41. The molecule has 7 nitrogen and oxygen atoms in total. The third-order valence-corrected chi connectivity index (χ3v) is 5.61. The fourth-order valence-electron chi connectivity index (χ4n) is 3.93. The number of ether oxygens (including phenoxy) is 4. The molecule has 2 heterocycles. The average molecular weight is 553 g/mol. The van der Waals surface area contributed by atoms with Gasteiger partial charge in [0.1, 0.15) is 12.4 Å². The number of aryl methyl sites for hydroxylation is 1. The van der Waals surface area contributed by atoms with Gasteiger partial charge in [-0.2, -0.15) is 0 Å². The van der Waals surface area contributed by atoms with Crippen molar-refractivity contribution in [2.45, 2.75) is 25.9 Å². The minimum absolute atomic E-state index is 0. The number of rotatable bonds is 7. The molecule has 0 amide bonds. The summed E-state index contributed by atoms with van der Waals surface area (Å²) in [5.74, 6) is 3.41. The highest BCUT2D eigenvalue weighted by atomic mass is 127. The summed E-state index contributed by atoms with van der Waals surface area (Å²) in [6, 6.07) is 14.3. The Morgan fingerprint density at radius 1 is 1.09 bits per heavy atom. The molecule has 1 fully saturated rings. The van der Waals surface area contributed by atoms with E-state index in [2.05, 4.69) is 46.8 Å². The van der Waals surface area contributed by atoms with Crippen molar-refractivity contribution in [3.63, 3.8) is 0 Å². The molecule has 2 aromatic carbocycles. The second-order valence-electron chi connectivity index (χ2n) is 7.85.